The number of piperidine rings is 1. The fourth-order valence-electron chi connectivity index (χ4n) is 5.31. The fraction of sp³-hybridized carbons (Fsp3) is 0.500. The van der Waals surface area contributed by atoms with Gasteiger partial charge in [-0.2, -0.15) is 26.7 Å². The largest absolute Gasteiger partial charge is 0.493 e. The Morgan fingerprint density at radius 1 is 0.953 bits per heavy atom. The second kappa shape index (κ2) is 13.3. The number of alkyl halides is 5. The molecule has 1 heterocycles. The normalized spacial score (nSPS) is 18.3. The third-order valence-electron chi connectivity index (χ3n) is 8.04. The number of hydrogen-bond acceptors (Lipinski definition) is 5. The molecular formula is C30H36F5N3O4S. The van der Waals surface area contributed by atoms with E-state index < -0.39 is 50.8 Å². The van der Waals surface area contributed by atoms with Gasteiger partial charge >= 0.3 is 6.18 Å². The molecule has 2 fully saturated rings. The van der Waals surface area contributed by atoms with Crippen LogP contribution < -0.4 is 15.2 Å². The molecule has 1 aliphatic carbocycles. The summed E-state index contributed by atoms with van der Waals surface area (Å²) in [4.78, 5) is 14.2. The van der Waals surface area contributed by atoms with Gasteiger partial charge in [-0.15, -0.1) is 0 Å². The molecule has 4 rings (SSSR count). The Bertz CT molecular complexity index is 1370. The lowest BCUT2D eigenvalue weighted by molar-refractivity contribution is -0.145. The summed E-state index contributed by atoms with van der Waals surface area (Å²) < 4.78 is 105. The van der Waals surface area contributed by atoms with Gasteiger partial charge in [0.15, 0.2) is 6.04 Å². The van der Waals surface area contributed by atoms with E-state index in [0.717, 1.165) is 54.8 Å². The Labute approximate surface area is 248 Å². The number of sulfonamides is 1. The van der Waals surface area contributed by atoms with Crippen LogP contribution in [-0.4, -0.2) is 57.2 Å². The minimum atomic E-state index is -4.77. The predicted octanol–water partition coefficient (Wildman–Crippen LogP) is 5.61. The van der Waals surface area contributed by atoms with Gasteiger partial charge in [0.1, 0.15) is 5.75 Å². The van der Waals surface area contributed by atoms with E-state index in [-0.39, 0.29) is 24.0 Å². The summed E-state index contributed by atoms with van der Waals surface area (Å²) in [5.41, 5.74) is 3.37. The van der Waals surface area contributed by atoms with Crippen LogP contribution in [0.2, 0.25) is 0 Å². The number of ether oxygens (including phenoxy) is 1. The van der Waals surface area contributed by atoms with Gasteiger partial charge in [0.05, 0.1) is 17.1 Å². The molecule has 0 radical (unpaired) electrons. The highest BCUT2D eigenvalue weighted by Crippen LogP contribution is 2.37. The molecule has 0 spiro atoms. The summed E-state index contributed by atoms with van der Waals surface area (Å²) >= 11 is 0. The highest BCUT2D eigenvalue weighted by atomic mass is 32.2. The van der Waals surface area contributed by atoms with Gasteiger partial charge in [0.25, 0.3) is 5.92 Å². The third-order valence-corrected chi connectivity index (χ3v) is 9.48. The van der Waals surface area contributed by atoms with Gasteiger partial charge < -0.3 is 15.4 Å². The van der Waals surface area contributed by atoms with Crippen molar-refractivity contribution in [3.63, 3.8) is 0 Å². The van der Waals surface area contributed by atoms with Crippen molar-refractivity contribution in [1.29, 1.82) is 0 Å². The molecule has 0 unspecified atom stereocenters. The summed E-state index contributed by atoms with van der Waals surface area (Å²) in [5.74, 6) is -4.47. The zero-order chi connectivity index (χ0) is 31.4. The number of nitrogens with one attached hydrogen (secondary N) is 1. The van der Waals surface area contributed by atoms with Crippen molar-refractivity contribution in [1.82, 2.24) is 9.62 Å². The van der Waals surface area contributed by atoms with Crippen LogP contribution in [0.1, 0.15) is 56.1 Å². The molecule has 43 heavy (non-hydrogen) atoms. The zero-order valence-electron chi connectivity index (χ0n) is 23.6. The molecule has 1 saturated carbocycles. The number of hydrogen-bond donors (Lipinski definition) is 2. The summed E-state index contributed by atoms with van der Waals surface area (Å²) in [6.45, 7) is 3.54. The van der Waals surface area contributed by atoms with Crippen molar-refractivity contribution >= 4 is 21.5 Å². The summed E-state index contributed by atoms with van der Waals surface area (Å²) in [6.07, 6.45) is 1.50. The topological polar surface area (TPSA) is 102 Å². The Hall–Kier alpha value is -3.03. The maximum Gasteiger partial charge on any atom is 0.416 e. The Kier molecular flexibility index (Phi) is 10.2. The lowest BCUT2D eigenvalue weighted by atomic mass is 9.90. The predicted molar refractivity (Wildman–Crippen MR) is 152 cm³/mol. The van der Waals surface area contributed by atoms with Crippen molar-refractivity contribution in [3.05, 3.63) is 66.2 Å². The lowest BCUT2D eigenvalue weighted by Gasteiger charge is -2.35. The second-order valence-electron chi connectivity index (χ2n) is 11.2. The number of carbonyl (C=O) groups excluding carboxylic acids is 1. The number of nitrogens with zero attached hydrogens (tertiary/aromatic N) is 1. The van der Waals surface area contributed by atoms with E-state index in [1.165, 1.54) is 30.7 Å². The van der Waals surface area contributed by atoms with Crippen LogP contribution in [0.5, 0.6) is 5.75 Å². The Morgan fingerprint density at radius 3 is 2.09 bits per heavy atom. The summed E-state index contributed by atoms with van der Waals surface area (Å²) in [5, 5.41) is 0. The fourth-order valence-corrected chi connectivity index (χ4v) is 6.50. The quantitative estimate of drug-likeness (QED) is 0.333. The Balaban J connectivity index is 1.57. The number of allylic oxidation sites excluding steroid dienone is 1. The van der Waals surface area contributed by atoms with Crippen LogP contribution in [0.4, 0.5) is 22.0 Å². The van der Waals surface area contributed by atoms with Crippen LogP contribution in [0, 0.1) is 5.92 Å². The first-order valence-electron chi connectivity index (χ1n) is 14.2. The first-order valence-corrected chi connectivity index (χ1v) is 15.7. The maximum atomic E-state index is 16.0. The lowest BCUT2D eigenvalue weighted by Crippen LogP contribution is -2.57. The highest BCUT2D eigenvalue weighted by Gasteiger charge is 2.50. The van der Waals surface area contributed by atoms with Crippen molar-refractivity contribution < 1.29 is 39.9 Å². The van der Waals surface area contributed by atoms with Crippen LogP contribution in [-0.2, 0) is 20.7 Å². The number of rotatable bonds is 10. The van der Waals surface area contributed by atoms with Crippen molar-refractivity contribution in [2.24, 2.45) is 11.7 Å². The molecule has 236 valence electrons. The van der Waals surface area contributed by atoms with E-state index in [4.69, 9.17) is 10.5 Å². The van der Waals surface area contributed by atoms with Crippen LogP contribution in [0.15, 0.2) is 60.0 Å². The van der Waals surface area contributed by atoms with Gasteiger partial charge in [0.2, 0.25) is 15.9 Å². The molecule has 1 aliphatic heterocycles. The van der Waals surface area contributed by atoms with E-state index in [1.807, 2.05) is 4.72 Å². The van der Waals surface area contributed by atoms with E-state index >= 15 is 8.78 Å². The smallest absolute Gasteiger partial charge is 0.416 e. The van der Waals surface area contributed by atoms with Crippen molar-refractivity contribution in [2.75, 3.05) is 19.7 Å². The number of carbonyl (C=O) groups is 1. The van der Waals surface area contributed by atoms with Crippen molar-refractivity contribution in [3.8, 4) is 5.75 Å². The highest BCUT2D eigenvalue weighted by molar-refractivity contribution is 7.89. The molecule has 0 aromatic heterocycles. The zero-order valence-corrected chi connectivity index (χ0v) is 24.4. The molecule has 2 aromatic rings. The minimum absolute atomic E-state index is 0.0473. The molecular weight excluding hydrogens is 593 g/mol. The molecule has 1 amide bonds. The number of nitrogens with two attached hydrogens (primary N) is 1. The molecule has 1 saturated heterocycles. The first kappa shape index (κ1) is 32.9. The molecule has 2 aromatic carbocycles. The van der Waals surface area contributed by atoms with Gasteiger partial charge in [-0.25, -0.2) is 8.42 Å². The van der Waals surface area contributed by atoms with Gasteiger partial charge in [-0.3, -0.25) is 4.79 Å². The summed E-state index contributed by atoms with van der Waals surface area (Å²) in [7, 11) is -4.66. The average Bonchev–Trinajstić information content (AvgIpc) is 2.99. The Morgan fingerprint density at radius 2 is 1.53 bits per heavy atom. The van der Waals surface area contributed by atoms with Gasteiger partial charge in [-0.1, -0.05) is 50.1 Å². The molecule has 1 atom stereocenters. The minimum Gasteiger partial charge on any atom is -0.493 e. The standard InChI is InChI=1S/C30H36F5N3O4S/c1-20(30(33,34)35)22-7-9-23(10-8-22)29(31,32)27(28(39)38-17-15-24(36)16-18-38)37-43(40,41)26-13-11-25(12-14-26)42-19-21-5-3-2-4-6-21/h7-14,21,24,27,37H,1-6,15-19,36H2/t27-/m1/s1. The number of amides is 1. The van der Waals surface area contributed by atoms with Gasteiger partial charge in [0, 0.05) is 24.7 Å². The van der Waals surface area contributed by atoms with Crippen LogP contribution in [0.3, 0.4) is 0 Å². The maximum absolute atomic E-state index is 16.0. The van der Waals surface area contributed by atoms with Crippen LogP contribution >= 0.6 is 0 Å². The second-order valence-corrected chi connectivity index (χ2v) is 12.9. The number of halogens is 5. The monoisotopic (exact) mass is 629 g/mol. The van der Waals surface area contributed by atoms with E-state index in [1.54, 1.807) is 0 Å². The molecule has 13 heteroatoms. The molecule has 0 bridgehead atoms. The van der Waals surface area contributed by atoms with E-state index in [9.17, 15) is 26.4 Å². The third kappa shape index (κ3) is 8.12. The van der Waals surface area contributed by atoms with E-state index in [2.05, 4.69) is 6.58 Å². The average molecular weight is 630 g/mol. The van der Waals surface area contributed by atoms with Crippen LogP contribution in [0.25, 0.3) is 5.57 Å². The number of benzene rings is 2. The SMILES string of the molecule is C=C(c1ccc(C(F)(F)[C@H](NS(=O)(=O)c2ccc(OCC3CCCCC3)cc2)C(=O)N2CCC(N)CC2)cc1)C(F)(F)F. The molecule has 2 aliphatic rings. The van der Waals surface area contributed by atoms with Gasteiger partial charge in [-0.05, 0) is 61.4 Å². The summed E-state index contributed by atoms with van der Waals surface area (Å²) in [6, 6.07) is 5.51. The molecule has 3 N–H and O–H groups in total. The number of likely N-dealkylation sites (tertiary alicyclic amines) is 1. The molecule has 7 nitrogen and oxygen atoms in total. The first-order chi connectivity index (χ1) is 20.2. The van der Waals surface area contributed by atoms with Crippen molar-refractivity contribution in [2.45, 2.75) is 74.0 Å². The van der Waals surface area contributed by atoms with E-state index in [0.29, 0.717) is 31.1 Å².